The van der Waals surface area contributed by atoms with E-state index >= 15 is 0 Å². The van der Waals surface area contributed by atoms with Crippen LogP contribution >= 0.6 is 0 Å². The van der Waals surface area contributed by atoms with Gasteiger partial charge in [-0.1, -0.05) is 0 Å². The topological polar surface area (TPSA) is 84.8 Å². The first kappa shape index (κ1) is 16.2. The maximum Gasteiger partial charge on any atom is 0.410 e. The third-order valence-electron chi connectivity index (χ3n) is 3.42. The van der Waals surface area contributed by atoms with Crippen molar-refractivity contribution in [1.29, 1.82) is 0 Å². The van der Waals surface area contributed by atoms with Crippen molar-refractivity contribution in [1.82, 2.24) is 4.90 Å². The summed E-state index contributed by atoms with van der Waals surface area (Å²) in [6.07, 6.45) is -0.343. The molecule has 1 amide bonds. The van der Waals surface area contributed by atoms with Crippen LogP contribution in [0.3, 0.4) is 0 Å². The lowest BCUT2D eigenvalue weighted by Gasteiger charge is -2.37. The van der Waals surface area contributed by atoms with Crippen molar-refractivity contribution < 1.29 is 13.9 Å². The van der Waals surface area contributed by atoms with Crippen molar-refractivity contribution in [3.63, 3.8) is 0 Å². The van der Waals surface area contributed by atoms with Gasteiger partial charge in [0.1, 0.15) is 11.4 Å². The number of piperazine rings is 1. The average Bonchev–Trinajstić information content (AvgIpc) is 2.41. The Labute approximate surface area is 129 Å². The zero-order chi connectivity index (χ0) is 16.5. The van der Waals surface area contributed by atoms with Gasteiger partial charge in [0.15, 0.2) is 0 Å². The number of nitrogens with zero attached hydrogens (tertiary/aromatic N) is 2. The molecule has 0 radical (unpaired) electrons. The molecule has 0 spiro atoms. The van der Waals surface area contributed by atoms with Crippen LogP contribution in [0.25, 0.3) is 0 Å². The molecule has 1 aliphatic rings. The van der Waals surface area contributed by atoms with E-state index in [9.17, 15) is 9.18 Å². The van der Waals surface area contributed by atoms with Gasteiger partial charge in [0.2, 0.25) is 0 Å². The first-order valence-electron chi connectivity index (χ1n) is 7.25. The van der Waals surface area contributed by atoms with Crippen LogP contribution in [0.15, 0.2) is 12.1 Å². The summed E-state index contributed by atoms with van der Waals surface area (Å²) >= 11 is 0. The molecule has 122 valence electrons. The second kappa shape index (κ2) is 5.90. The summed E-state index contributed by atoms with van der Waals surface area (Å²) in [7, 11) is 0. The number of nitrogens with two attached hydrogens (primary N) is 2. The minimum Gasteiger partial charge on any atom is -0.444 e. The number of hydrogen-bond acceptors (Lipinski definition) is 5. The van der Waals surface area contributed by atoms with E-state index in [2.05, 4.69) is 0 Å². The number of carbonyl (C=O) groups excluding carboxylic acids is 1. The number of ether oxygens (including phenoxy) is 1. The van der Waals surface area contributed by atoms with Gasteiger partial charge in [-0.2, -0.15) is 0 Å². The van der Waals surface area contributed by atoms with Crippen LogP contribution in [0.2, 0.25) is 0 Å². The largest absolute Gasteiger partial charge is 0.444 e. The fourth-order valence-corrected chi connectivity index (χ4v) is 2.29. The minimum atomic E-state index is -0.522. The van der Waals surface area contributed by atoms with Crippen LogP contribution in [-0.2, 0) is 4.74 Å². The standard InChI is InChI=1S/C15H23FN4O2/c1-15(2,3)22-14(21)20-6-4-19(5-7-20)13-9-12(18)11(17)8-10(13)16/h8-9H,4-7,17-18H2,1-3H3. The fraction of sp³-hybridized carbons (Fsp3) is 0.533. The normalized spacial score (nSPS) is 15.8. The van der Waals surface area contributed by atoms with Crippen molar-refractivity contribution in [2.24, 2.45) is 0 Å². The SMILES string of the molecule is CC(C)(C)OC(=O)N1CCN(c2cc(N)c(N)cc2F)CC1. The smallest absolute Gasteiger partial charge is 0.410 e. The monoisotopic (exact) mass is 310 g/mol. The fourth-order valence-electron chi connectivity index (χ4n) is 2.29. The summed E-state index contributed by atoms with van der Waals surface area (Å²) in [5.74, 6) is -0.405. The molecule has 1 aliphatic heterocycles. The number of hydrogen-bond donors (Lipinski definition) is 2. The molecule has 0 aliphatic carbocycles. The molecule has 0 unspecified atom stereocenters. The summed E-state index contributed by atoms with van der Waals surface area (Å²) in [5, 5.41) is 0. The number of amides is 1. The summed E-state index contributed by atoms with van der Waals surface area (Å²) in [6, 6.07) is 2.76. The van der Waals surface area contributed by atoms with Gasteiger partial charge in [0.25, 0.3) is 0 Å². The Bertz CT molecular complexity index is 563. The molecule has 2 rings (SSSR count). The molecule has 1 saturated heterocycles. The molecule has 1 aromatic rings. The highest BCUT2D eigenvalue weighted by molar-refractivity contribution is 5.71. The molecule has 1 aromatic carbocycles. The maximum absolute atomic E-state index is 14.0. The van der Waals surface area contributed by atoms with E-state index in [1.165, 1.54) is 12.1 Å². The van der Waals surface area contributed by atoms with E-state index in [1.54, 1.807) is 4.90 Å². The Kier molecular flexibility index (Phi) is 4.35. The number of anilines is 3. The van der Waals surface area contributed by atoms with Gasteiger partial charge in [-0.25, -0.2) is 9.18 Å². The second-order valence-corrected chi connectivity index (χ2v) is 6.39. The molecular weight excluding hydrogens is 287 g/mol. The Morgan fingerprint density at radius 3 is 2.23 bits per heavy atom. The third-order valence-corrected chi connectivity index (χ3v) is 3.42. The Morgan fingerprint density at radius 2 is 1.68 bits per heavy atom. The number of rotatable bonds is 1. The quantitative estimate of drug-likeness (QED) is 0.775. The predicted octanol–water partition coefficient (Wildman–Crippen LogP) is 2.05. The number of nitrogen functional groups attached to an aromatic ring is 2. The Balaban J connectivity index is 2.01. The number of halogens is 1. The van der Waals surface area contributed by atoms with Crippen molar-refractivity contribution >= 4 is 23.2 Å². The maximum atomic E-state index is 14.0. The lowest BCUT2D eigenvalue weighted by Crippen LogP contribution is -2.50. The molecule has 0 aromatic heterocycles. The van der Waals surface area contributed by atoms with Crippen LogP contribution in [0.1, 0.15) is 20.8 Å². The van der Waals surface area contributed by atoms with E-state index in [-0.39, 0.29) is 11.8 Å². The van der Waals surface area contributed by atoms with Gasteiger partial charge in [0.05, 0.1) is 17.1 Å². The molecule has 22 heavy (non-hydrogen) atoms. The zero-order valence-electron chi connectivity index (χ0n) is 13.2. The van der Waals surface area contributed by atoms with E-state index < -0.39 is 11.4 Å². The van der Waals surface area contributed by atoms with E-state index in [0.717, 1.165) is 0 Å². The second-order valence-electron chi connectivity index (χ2n) is 6.39. The first-order chi connectivity index (χ1) is 10.2. The van der Waals surface area contributed by atoms with Crippen molar-refractivity contribution in [2.75, 3.05) is 42.5 Å². The van der Waals surface area contributed by atoms with Gasteiger partial charge in [-0.15, -0.1) is 0 Å². The van der Waals surface area contributed by atoms with Crippen LogP contribution in [0, 0.1) is 5.82 Å². The molecule has 4 N–H and O–H groups in total. The van der Waals surface area contributed by atoms with Crippen LogP contribution in [0.4, 0.5) is 26.2 Å². The third kappa shape index (κ3) is 3.72. The molecule has 7 heteroatoms. The highest BCUT2D eigenvalue weighted by atomic mass is 19.1. The highest BCUT2D eigenvalue weighted by Crippen LogP contribution is 2.28. The Hall–Kier alpha value is -2.18. The molecule has 6 nitrogen and oxygen atoms in total. The molecule has 0 saturated carbocycles. The van der Waals surface area contributed by atoms with Gasteiger partial charge in [-0.3, -0.25) is 0 Å². The van der Waals surface area contributed by atoms with Crippen LogP contribution in [-0.4, -0.2) is 42.8 Å². The lowest BCUT2D eigenvalue weighted by atomic mass is 10.2. The van der Waals surface area contributed by atoms with Gasteiger partial charge in [0, 0.05) is 32.2 Å². The summed E-state index contributed by atoms with van der Waals surface area (Å²) in [5.41, 5.74) is 11.8. The molecule has 0 atom stereocenters. The van der Waals surface area contributed by atoms with E-state index in [4.69, 9.17) is 16.2 Å². The summed E-state index contributed by atoms with van der Waals surface area (Å²) in [6.45, 7) is 7.45. The van der Waals surface area contributed by atoms with Crippen molar-refractivity contribution in [3.05, 3.63) is 17.9 Å². The molecule has 0 bridgehead atoms. The van der Waals surface area contributed by atoms with E-state index in [1.807, 2.05) is 25.7 Å². The van der Waals surface area contributed by atoms with Gasteiger partial charge >= 0.3 is 6.09 Å². The van der Waals surface area contributed by atoms with Gasteiger partial charge in [-0.05, 0) is 26.8 Å². The summed E-state index contributed by atoms with van der Waals surface area (Å²) in [4.78, 5) is 15.5. The van der Waals surface area contributed by atoms with Crippen molar-refractivity contribution in [3.8, 4) is 0 Å². The van der Waals surface area contributed by atoms with Crippen molar-refractivity contribution in [2.45, 2.75) is 26.4 Å². The predicted molar refractivity (Wildman–Crippen MR) is 85.2 cm³/mol. The lowest BCUT2D eigenvalue weighted by molar-refractivity contribution is 0.0240. The minimum absolute atomic E-state index is 0.230. The highest BCUT2D eigenvalue weighted by Gasteiger charge is 2.27. The van der Waals surface area contributed by atoms with Crippen LogP contribution < -0.4 is 16.4 Å². The zero-order valence-corrected chi connectivity index (χ0v) is 13.2. The average molecular weight is 310 g/mol. The van der Waals surface area contributed by atoms with Crippen LogP contribution in [0.5, 0.6) is 0 Å². The van der Waals surface area contributed by atoms with E-state index in [0.29, 0.717) is 37.6 Å². The summed E-state index contributed by atoms with van der Waals surface area (Å²) < 4.78 is 19.3. The number of carbonyl (C=O) groups is 1. The Morgan fingerprint density at radius 1 is 1.14 bits per heavy atom. The van der Waals surface area contributed by atoms with Gasteiger partial charge < -0.3 is 26.0 Å². The molecular formula is C15H23FN4O2. The molecule has 1 heterocycles. The molecule has 1 fully saturated rings. The number of benzene rings is 1. The first-order valence-corrected chi connectivity index (χ1v) is 7.25.